The van der Waals surface area contributed by atoms with Crippen molar-refractivity contribution in [1.29, 1.82) is 0 Å². The third kappa shape index (κ3) is 7.50. The van der Waals surface area contributed by atoms with Crippen molar-refractivity contribution < 1.29 is 9.84 Å². The molecule has 10 heavy (non-hydrogen) atoms. The molecule has 0 aromatic heterocycles. The van der Waals surface area contributed by atoms with Crippen LogP contribution in [-0.4, -0.2) is 18.3 Å². The summed E-state index contributed by atoms with van der Waals surface area (Å²) in [6, 6.07) is 0. The third-order valence-corrected chi connectivity index (χ3v) is 1.14. The zero-order valence-electron chi connectivity index (χ0n) is 6.76. The molecule has 0 unspecified atom stereocenters. The Kier molecular flexibility index (Phi) is 6.29. The van der Waals surface area contributed by atoms with Gasteiger partial charge in [0.05, 0.1) is 12.4 Å². The van der Waals surface area contributed by atoms with Crippen molar-refractivity contribution in [1.82, 2.24) is 0 Å². The van der Waals surface area contributed by atoms with Crippen LogP contribution in [0, 0.1) is 0 Å². The molecule has 0 aliphatic carbocycles. The van der Waals surface area contributed by atoms with Gasteiger partial charge < -0.3 is 9.84 Å². The largest absolute Gasteiger partial charge is 0.513 e. The highest BCUT2D eigenvalue weighted by molar-refractivity contribution is 4.85. The molecule has 1 N–H and O–H groups in total. The van der Waals surface area contributed by atoms with Gasteiger partial charge in [0.15, 0.2) is 0 Å². The Hall–Kier alpha value is -0.500. The molecule has 0 heterocycles. The second-order valence-corrected chi connectivity index (χ2v) is 2.27. The smallest absolute Gasteiger partial charge is 0.0874 e. The molecule has 0 aromatic rings. The zero-order chi connectivity index (χ0) is 7.82. The second-order valence-electron chi connectivity index (χ2n) is 2.27. The molecule has 0 spiro atoms. The summed E-state index contributed by atoms with van der Waals surface area (Å²) in [5.74, 6) is 0.330. The highest BCUT2D eigenvalue weighted by Crippen LogP contribution is 1.89. The molecule has 0 atom stereocenters. The second kappa shape index (κ2) is 6.62. The van der Waals surface area contributed by atoms with Gasteiger partial charge in [-0.05, 0) is 19.4 Å². The monoisotopic (exact) mass is 144 g/mol. The lowest BCUT2D eigenvalue weighted by Gasteiger charge is -1.97. The van der Waals surface area contributed by atoms with E-state index in [1.807, 2.05) is 0 Å². The maximum Gasteiger partial charge on any atom is 0.0874 e. The fourth-order valence-electron chi connectivity index (χ4n) is 0.509. The van der Waals surface area contributed by atoms with E-state index < -0.39 is 0 Å². The van der Waals surface area contributed by atoms with Gasteiger partial charge in [-0.3, -0.25) is 0 Å². The number of aliphatic hydroxyl groups is 1. The molecule has 0 aliphatic rings. The van der Waals surface area contributed by atoms with E-state index in [1.54, 1.807) is 13.0 Å². The van der Waals surface area contributed by atoms with E-state index in [0.29, 0.717) is 12.4 Å². The number of allylic oxidation sites excluding steroid dienone is 1. The van der Waals surface area contributed by atoms with Crippen LogP contribution >= 0.6 is 0 Å². The van der Waals surface area contributed by atoms with Gasteiger partial charge in [-0.25, -0.2) is 0 Å². The number of ether oxygens (including phenoxy) is 1. The van der Waals surface area contributed by atoms with E-state index in [4.69, 9.17) is 9.84 Å². The molecular formula is C8H16O2. The average Bonchev–Trinajstić information content (AvgIpc) is 1.87. The molecule has 0 bridgehead atoms. The predicted octanol–water partition coefficient (Wildman–Crippen LogP) is 2.26. The Balaban J connectivity index is 2.98. The molecule has 2 heteroatoms. The third-order valence-electron chi connectivity index (χ3n) is 1.14. The van der Waals surface area contributed by atoms with Crippen molar-refractivity contribution in [3.63, 3.8) is 0 Å². The Morgan fingerprint density at radius 1 is 1.60 bits per heavy atom. The molecule has 60 valence electrons. The number of hydrogen-bond acceptors (Lipinski definition) is 2. The molecule has 0 aliphatic heterocycles. The molecule has 0 saturated carbocycles. The molecular weight excluding hydrogens is 128 g/mol. The van der Waals surface area contributed by atoms with Crippen LogP contribution in [0.3, 0.4) is 0 Å². The fourth-order valence-corrected chi connectivity index (χ4v) is 0.509. The molecule has 2 nitrogen and oxygen atoms in total. The van der Waals surface area contributed by atoms with Gasteiger partial charge in [-0.15, -0.1) is 0 Å². The predicted molar refractivity (Wildman–Crippen MR) is 42.1 cm³/mol. The maximum absolute atomic E-state index is 8.69. The van der Waals surface area contributed by atoms with Crippen LogP contribution in [0.25, 0.3) is 0 Å². The number of unbranched alkanes of at least 4 members (excludes halogenated alkanes) is 1. The first kappa shape index (κ1) is 9.50. The molecule has 0 fully saturated rings. The van der Waals surface area contributed by atoms with Crippen LogP contribution in [0.4, 0.5) is 0 Å². The Morgan fingerprint density at radius 2 is 2.30 bits per heavy atom. The average molecular weight is 144 g/mol. The van der Waals surface area contributed by atoms with Crippen molar-refractivity contribution in [2.24, 2.45) is 0 Å². The van der Waals surface area contributed by atoms with Crippen LogP contribution < -0.4 is 0 Å². The van der Waals surface area contributed by atoms with E-state index in [1.165, 1.54) is 0 Å². The molecule has 0 saturated heterocycles. The Labute approximate surface area is 62.5 Å². The van der Waals surface area contributed by atoms with Crippen molar-refractivity contribution in [2.45, 2.75) is 26.7 Å². The van der Waals surface area contributed by atoms with E-state index in [2.05, 4.69) is 6.92 Å². The van der Waals surface area contributed by atoms with E-state index in [-0.39, 0.29) is 0 Å². The maximum atomic E-state index is 8.69. The summed E-state index contributed by atoms with van der Waals surface area (Å²) < 4.78 is 5.15. The van der Waals surface area contributed by atoms with Gasteiger partial charge in [0.2, 0.25) is 0 Å². The normalized spacial score (nSPS) is 12.0. The number of aliphatic hydroxyl groups excluding tert-OH is 1. The van der Waals surface area contributed by atoms with Crippen molar-refractivity contribution in [2.75, 3.05) is 13.2 Å². The van der Waals surface area contributed by atoms with E-state index in [9.17, 15) is 0 Å². The number of rotatable bonds is 5. The first-order valence-electron chi connectivity index (χ1n) is 3.70. The lowest BCUT2D eigenvalue weighted by atomic mass is 10.4. The quantitative estimate of drug-likeness (QED) is 0.473. The minimum absolute atomic E-state index is 0.330. The van der Waals surface area contributed by atoms with Gasteiger partial charge in [0.25, 0.3) is 0 Å². The van der Waals surface area contributed by atoms with Crippen molar-refractivity contribution in [3.05, 3.63) is 11.8 Å². The summed E-state index contributed by atoms with van der Waals surface area (Å²) in [6.07, 6.45) is 3.91. The summed E-state index contributed by atoms with van der Waals surface area (Å²) in [5, 5.41) is 8.69. The lowest BCUT2D eigenvalue weighted by molar-refractivity contribution is 0.156. The van der Waals surface area contributed by atoms with Gasteiger partial charge in [-0.2, -0.15) is 0 Å². The van der Waals surface area contributed by atoms with Gasteiger partial charge in [0, 0.05) is 6.61 Å². The van der Waals surface area contributed by atoms with Crippen LogP contribution in [0.1, 0.15) is 26.7 Å². The number of hydrogen-bond donors (Lipinski definition) is 1. The van der Waals surface area contributed by atoms with Gasteiger partial charge in [0.1, 0.15) is 0 Å². The summed E-state index contributed by atoms with van der Waals surface area (Å²) in [5.41, 5.74) is 0. The van der Waals surface area contributed by atoms with Gasteiger partial charge >= 0.3 is 0 Å². The SMILES string of the molecule is CCCCOCC=C(C)O. The van der Waals surface area contributed by atoms with Crippen LogP contribution in [0.15, 0.2) is 11.8 Å². The topological polar surface area (TPSA) is 29.5 Å². The van der Waals surface area contributed by atoms with Crippen molar-refractivity contribution in [3.8, 4) is 0 Å². The first-order valence-corrected chi connectivity index (χ1v) is 3.70. The highest BCUT2D eigenvalue weighted by Gasteiger charge is 1.83. The molecule has 0 rings (SSSR count). The summed E-state index contributed by atoms with van der Waals surface area (Å²) in [4.78, 5) is 0. The van der Waals surface area contributed by atoms with Crippen LogP contribution in [-0.2, 0) is 4.74 Å². The van der Waals surface area contributed by atoms with Crippen LogP contribution in [0.2, 0.25) is 0 Å². The summed E-state index contributed by atoms with van der Waals surface area (Å²) in [7, 11) is 0. The standard InChI is InChI=1S/C8H16O2/c1-3-4-6-10-7-5-8(2)9/h5,9H,3-4,6-7H2,1-2H3. The molecule has 0 radical (unpaired) electrons. The first-order chi connectivity index (χ1) is 4.77. The van der Waals surface area contributed by atoms with E-state index >= 15 is 0 Å². The minimum atomic E-state index is 0.330. The Bertz CT molecular complexity index is 93.4. The van der Waals surface area contributed by atoms with Crippen molar-refractivity contribution >= 4 is 0 Å². The zero-order valence-corrected chi connectivity index (χ0v) is 6.76. The summed E-state index contributed by atoms with van der Waals surface area (Å²) >= 11 is 0. The minimum Gasteiger partial charge on any atom is -0.513 e. The lowest BCUT2D eigenvalue weighted by Crippen LogP contribution is -1.93. The molecule has 0 aromatic carbocycles. The highest BCUT2D eigenvalue weighted by atomic mass is 16.5. The molecule has 0 amide bonds. The van der Waals surface area contributed by atoms with Gasteiger partial charge in [-0.1, -0.05) is 13.3 Å². The van der Waals surface area contributed by atoms with Crippen LogP contribution in [0.5, 0.6) is 0 Å². The fraction of sp³-hybridized carbons (Fsp3) is 0.750. The Morgan fingerprint density at radius 3 is 2.80 bits per heavy atom. The van der Waals surface area contributed by atoms with E-state index in [0.717, 1.165) is 19.4 Å². The summed E-state index contributed by atoms with van der Waals surface area (Å²) in [6.45, 7) is 5.09.